The summed E-state index contributed by atoms with van der Waals surface area (Å²) >= 11 is 0. The molecule has 0 atom stereocenters. The summed E-state index contributed by atoms with van der Waals surface area (Å²) in [4.78, 5) is 26.4. The Morgan fingerprint density at radius 2 is 1.84 bits per heavy atom. The number of rotatable bonds is 3. The van der Waals surface area contributed by atoms with E-state index >= 15 is 0 Å². The molecular formula is C20H22F3NO7S. The number of carbonyl (C=O) groups is 1. The predicted molar refractivity (Wildman–Crippen MR) is 108 cm³/mol. The first-order valence-electron chi connectivity index (χ1n) is 9.73. The number of benzene rings is 1. The highest BCUT2D eigenvalue weighted by molar-refractivity contribution is 7.88. The number of nitrogens with zero attached hydrogens (tertiary/aromatic N) is 1. The maximum atomic E-state index is 12.7. The van der Waals surface area contributed by atoms with E-state index in [-0.39, 0.29) is 42.6 Å². The van der Waals surface area contributed by atoms with Crippen LogP contribution < -0.4 is 9.81 Å². The average Bonchev–Trinajstić information content (AvgIpc) is 2.65. The van der Waals surface area contributed by atoms with Crippen molar-refractivity contribution in [2.45, 2.75) is 58.2 Å². The first-order chi connectivity index (χ1) is 14.6. The molecule has 0 saturated heterocycles. The van der Waals surface area contributed by atoms with Crippen molar-refractivity contribution >= 4 is 27.2 Å². The Hall–Kier alpha value is -2.76. The number of fused-ring (bicyclic) bond motifs is 3. The molecule has 0 aliphatic carbocycles. The summed E-state index contributed by atoms with van der Waals surface area (Å²) in [5.41, 5.74) is -6.30. The minimum absolute atomic E-state index is 0.0183. The molecular weight excluding hydrogens is 455 g/mol. The van der Waals surface area contributed by atoms with Crippen LogP contribution in [0.25, 0.3) is 11.0 Å². The van der Waals surface area contributed by atoms with Gasteiger partial charge in [0.05, 0.1) is 12.1 Å². The molecule has 176 valence electrons. The largest absolute Gasteiger partial charge is 0.534 e. The lowest BCUT2D eigenvalue weighted by atomic mass is 9.95. The molecule has 0 saturated carbocycles. The van der Waals surface area contributed by atoms with Crippen LogP contribution in [0.4, 0.5) is 18.0 Å². The summed E-state index contributed by atoms with van der Waals surface area (Å²) < 4.78 is 76.1. The van der Waals surface area contributed by atoms with Gasteiger partial charge in [0.15, 0.2) is 0 Å². The smallest absolute Gasteiger partial charge is 0.444 e. The normalized spacial score (nSPS) is 14.9. The summed E-state index contributed by atoms with van der Waals surface area (Å²) in [6, 6.07) is 2.45. The van der Waals surface area contributed by atoms with E-state index in [0.717, 1.165) is 6.07 Å². The molecule has 0 spiro atoms. The van der Waals surface area contributed by atoms with Gasteiger partial charge in [0.1, 0.15) is 16.9 Å². The van der Waals surface area contributed by atoms with Crippen molar-refractivity contribution < 1.29 is 39.7 Å². The zero-order chi connectivity index (χ0) is 24.1. The first kappa shape index (κ1) is 23.9. The number of alkyl halides is 3. The number of carbonyl (C=O) groups excluding carboxylic acids is 1. The Balaban J connectivity index is 2.05. The van der Waals surface area contributed by atoms with Crippen LogP contribution in [0.3, 0.4) is 0 Å². The molecule has 0 unspecified atom stereocenters. The average molecular weight is 477 g/mol. The first-order valence-corrected chi connectivity index (χ1v) is 11.1. The van der Waals surface area contributed by atoms with Gasteiger partial charge in [-0.25, -0.2) is 9.59 Å². The van der Waals surface area contributed by atoms with Crippen molar-refractivity contribution in [3.63, 3.8) is 0 Å². The third-order valence-corrected chi connectivity index (χ3v) is 5.78. The van der Waals surface area contributed by atoms with Crippen LogP contribution in [-0.4, -0.2) is 37.1 Å². The number of halogens is 3. The Kier molecular flexibility index (Phi) is 5.96. The molecule has 1 aromatic heterocycles. The number of amides is 1. The fraction of sp³-hybridized carbons (Fsp3) is 0.500. The van der Waals surface area contributed by atoms with E-state index in [1.54, 1.807) is 27.7 Å². The Labute approximate surface area is 182 Å². The molecule has 0 bridgehead atoms. The van der Waals surface area contributed by atoms with Crippen LogP contribution in [0.15, 0.2) is 21.3 Å². The van der Waals surface area contributed by atoms with Gasteiger partial charge in [-0.05, 0) is 51.3 Å². The quantitative estimate of drug-likeness (QED) is 0.376. The van der Waals surface area contributed by atoms with Gasteiger partial charge in [-0.1, -0.05) is 6.92 Å². The zero-order valence-electron chi connectivity index (χ0n) is 17.8. The van der Waals surface area contributed by atoms with Gasteiger partial charge in [-0.15, -0.1) is 0 Å². The van der Waals surface area contributed by atoms with Crippen LogP contribution >= 0.6 is 0 Å². The Bertz CT molecular complexity index is 1230. The van der Waals surface area contributed by atoms with Crippen molar-refractivity contribution in [1.29, 1.82) is 0 Å². The van der Waals surface area contributed by atoms with Crippen molar-refractivity contribution in [3.05, 3.63) is 39.2 Å². The molecule has 1 aromatic carbocycles. The van der Waals surface area contributed by atoms with Gasteiger partial charge >= 0.3 is 27.3 Å². The fourth-order valence-corrected chi connectivity index (χ4v) is 3.91. The summed E-state index contributed by atoms with van der Waals surface area (Å²) in [5.74, 6) is -0.563. The molecule has 2 heterocycles. The van der Waals surface area contributed by atoms with E-state index in [0.29, 0.717) is 10.9 Å². The summed E-state index contributed by atoms with van der Waals surface area (Å²) in [7, 11) is -5.89. The molecule has 8 nitrogen and oxygen atoms in total. The van der Waals surface area contributed by atoms with Crippen LogP contribution in [0, 0.1) is 0 Å². The van der Waals surface area contributed by atoms with Crippen molar-refractivity contribution in [2.75, 3.05) is 6.54 Å². The maximum Gasteiger partial charge on any atom is 0.534 e. The highest BCUT2D eigenvalue weighted by Gasteiger charge is 2.49. The van der Waals surface area contributed by atoms with Crippen molar-refractivity contribution in [2.24, 2.45) is 0 Å². The number of hydrogen-bond acceptors (Lipinski definition) is 7. The molecule has 1 amide bonds. The number of hydrogen-bond donors (Lipinski definition) is 0. The molecule has 0 fully saturated rings. The van der Waals surface area contributed by atoms with Crippen LogP contribution in [0.5, 0.6) is 5.75 Å². The SMILES string of the molecule is CCc1c(OS(=O)(=O)C(F)(F)F)ccc2c3c(c(=O)oc12)CN(C(=O)OC(C)(C)C)CC3. The van der Waals surface area contributed by atoms with Crippen LogP contribution in [0.1, 0.15) is 44.4 Å². The third-order valence-electron chi connectivity index (χ3n) is 4.82. The summed E-state index contributed by atoms with van der Waals surface area (Å²) in [6.07, 6.45) is -0.259. The van der Waals surface area contributed by atoms with E-state index in [9.17, 15) is 31.2 Å². The standard InChI is InChI=1S/C20H22F3NO7S/c1-5-11-15(31-32(27,28)20(21,22)23)7-6-13-12-8-9-24(18(26)30-19(2,3)4)10-14(12)17(25)29-16(11)13/h6-7H,5,8-10H2,1-4H3. The van der Waals surface area contributed by atoms with E-state index in [1.807, 2.05) is 0 Å². The van der Waals surface area contributed by atoms with Gasteiger partial charge in [-0.3, -0.25) is 0 Å². The lowest BCUT2D eigenvalue weighted by Crippen LogP contribution is -2.41. The number of ether oxygens (including phenoxy) is 1. The molecule has 0 N–H and O–H groups in total. The topological polar surface area (TPSA) is 103 Å². The monoisotopic (exact) mass is 477 g/mol. The van der Waals surface area contributed by atoms with Gasteiger partial charge < -0.3 is 18.2 Å². The van der Waals surface area contributed by atoms with Crippen LogP contribution in [0.2, 0.25) is 0 Å². The maximum absolute atomic E-state index is 12.7. The molecule has 1 aliphatic heterocycles. The summed E-state index contributed by atoms with van der Waals surface area (Å²) in [6.45, 7) is 6.92. The second kappa shape index (κ2) is 7.98. The summed E-state index contributed by atoms with van der Waals surface area (Å²) in [5, 5.41) is 0.442. The Morgan fingerprint density at radius 1 is 1.19 bits per heavy atom. The second-order valence-electron chi connectivity index (χ2n) is 8.25. The lowest BCUT2D eigenvalue weighted by molar-refractivity contribution is -0.0500. The highest BCUT2D eigenvalue weighted by atomic mass is 32.2. The Morgan fingerprint density at radius 3 is 2.41 bits per heavy atom. The predicted octanol–water partition coefficient (Wildman–Crippen LogP) is 3.88. The molecule has 0 radical (unpaired) electrons. The molecule has 2 aromatic rings. The van der Waals surface area contributed by atoms with Gasteiger partial charge in [0, 0.05) is 17.5 Å². The van der Waals surface area contributed by atoms with E-state index in [4.69, 9.17) is 9.15 Å². The molecule has 32 heavy (non-hydrogen) atoms. The minimum atomic E-state index is -5.89. The van der Waals surface area contributed by atoms with Gasteiger partial charge in [0.2, 0.25) is 0 Å². The third kappa shape index (κ3) is 4.54. The van der Waals surface area contributed by atoms with Crippen molar-refractivity contribution in [3.8, 4) is 5.75 Å². The van der Waals surface area contributed by atoms with Crippen molar-refractivity contribution in [1.82, 2.24) is 4.90 Å². The molecule has 3 rings (SSSR count). The molecule has 12 heteroatoms. The highest BCUT2D eigenvalue weighted by Crippen LogP contribution is 2.35. The molecule has 1 aliphatic rings. The van der Waals surface area contributed by atoms with E-state index in [2.05, 4.69) is 4.18 Å². The zero-order valence-corrected chi connectivity index (χ0v) is 18.6. The fourth-order valence-electron chi connectivity index (χ4n) is 3.43. The van der Waals surface area contributed by atoms with Crippen LogP contribution in [-0.2, 0) is 34.2 Å². The minimum Gasteiger partial charge on any atom is -0.444 e. The lowest BCUT2D eigenvalue weighted by Gasteiger charge is -2.31. The van der Waals surface area contributed by atoms with Gasteiger partial charge in [0.25, 0.3) is 0 Å². The van der Waals surface area contributed by atoms with E-state index in [1.165, 1.54) is 11.0 Å². The van der Waals surface area contributed by atoms with Gasteiger partial charge in [-0.2, -0.15) is 21.6 Å². The van der Waals surface area contributed by atoms with E-state index < -0.39 is 38.7 Å². The second-order valence-corrected chi connectivity index (χ2v) is 9.79. The number of aryl methyl sites for hydroxylation is 1.